The number of nitrogens with one attached hydrogen (secondary N) is 1. The average molecular weight is 375 g/mol. The molecule has 1 aromatic heterocycles. The number of hydrogen-bond donors (Lipinski definition) is 1. The number of nitrogens with zero attached hydrogens (tertiary/aromatic N) is 2. The second-order valence-corrected chi connectivity index (χ2v) is 7.91. The molecule has 1 aromatic carbocycles. The molecule has 0 aliphatic rings. The van der Waals surface area contributed by atoms with Gasteiger partial charge in [0.1, 0.15) is 6.54 Å². The molecule has 1 amide bonds. The lowest BCUT2D eigenvalue weighted by molar-refractivity contribution is -0.119. The maximum atomic E-state index is 12.4. The lowest BCUT2D eigenvalue weighted by atomic mass is 10.0. The van der Waals surface area contributed by atoms with Crippen LogP contribution in [0.4, 0.5) is 5.69 Å². The first-order chi connectivity index (χ1) is 12.4. The van der Waals surface area contributed by atoms with E-state index < -0.39 is 10.0 Å². The lowest BCUT2D eigenvalue weighted by Gasteiger charge is -2.26. The van der Waals surface area contributed by atoms with Gasteiger partial charge in [0.25, 0.3) is 0 Å². The molecule has 1 heterocycles. The van der Waals surface area contributed by atoms with Gasteiger partial charge in [-0.05, 0) is 36.1 Å². The van der Waals surface area contributed by atoms with Gasteiger partial charge in [-0.2, -0.15) is 0 Å². The minimum Gasteiger partial charge on any atom is -0.349 e. The third-order valence-corrected chi connectivity index (χ3v) is 5.21. The van der Waals surface area contributed by atoms with E-state index in [0.29, 0.717) is 18.5 Å². The van der Waals surface area contributed by atoms with Crippen LogP contribution in [0.2, 0.25) is 0 Å². The Morgan fingerprint density at radius 3 is 2.23 bits per heavy atom. The summed E-state index contributed by atoms with van der Waals surface area (Å²) in [4.78, 5) is 16.5. The second-order valence-electron chi connectivity index (χ2n) is 6.00. The van der Waals surface area contributed by atoms with Gasteiger partial charge in [0.2, 0.25) is 15.9 Å². The highest BCUT2D eigenvalue weighted by molar-refractivity contribution is 7.92. The molecule has 1 N–H and O–H groups in total. The maximum Gasteiger partial charge on any atom is 0.241 e. The largest absolute Gasteiger partial charge is 0.349 e. The summed E-state index contributed by atoms with van der Waals surface area (Å²) in [6, 6.07) is 11.2. The number of pyridine rings is 1. The monoisotopic (exact) mass is 375 g/mol. The van der Waals surface area contributed by atoms with Crippen molar-refractivity contribution in [2.24, 2.45) is 0 Å². The number of rotatable bonds is 8. The van der Waals surface area contributed by atoms with Gasteiger partial charge in [0.05, 0.1) is 24.2 Å². The van der Waals surface area contributed by atoms with Crippen LogP contribution in [0, 0.1) is 0 Å². The fourth-order valence-corrected chi connectivity index (χ4v) is 3.69. The third kappa shape index (κ3) is 5.05. The van der Waals surface area contributed by atoms with Crippen LogP contribution in [-0.2, 0) is 34.2 Å². The summed E-state index contributed by atoms with van der Waals surface area (Å²) in [7, 11) is -3.60. The molecule has 0 bridgehead atoms. The molecule has 0 saturated carbocycles. The van der Waals surface area contributed by atoms with Gasteiger partial charge in [-0.15, -0.1) is 0 Å². The topological polar surface area (TPSA) is 79.4 Å². The zero-order valence-electron chi connectivity index (χ0n) is 15.4. The molecule has 2 rings (SSSR count). The first kappa shape index (κ1) is 19.9. The van der Waals surface area contributed by atoms with E-state index in [9.17, 15) is 13.2 Å². The lowest BCUT2D eigenvalue weighted by Crippen LogP contribution is -2.41. The molecular weight excluding hydrogens is 350 g/mol. The van der Waals surface area contributed by atoms with Crippen LogP contribution < -0.4 is 9.62 Å². The fourth-order valence-electron chi connectivity index (χ4n) is 2.78. The van der Waals surface area contributed by atoms with Gasteiger partial charge >= 0.3 is 0 Å². The number of hydrogen-bond acceptors (Lipinski definition) is 4. The van der Waals surface area contributed by atoms with E-state index in [1.165, 1.54) is 4.31 Å². The predicted molar refractivity (Wildman–Crippen MR) is 103 cm³/mol. The number of anilines is 1. The molecule has 26 heavy (non-hydrogen) atoms. The molecule has 7 heteroatoms. The number of aromatic nitrogens is 1. The van der Waals surface area contributed by atoms with Crippen LogP contribution in [-0.4, -0.2) is 32.1 Å². The van der Waals surface area contributed by atoms with Crippen LogP contribution in [0.5, 0.6) is 0 Å². The molecule has 0 aliphatic heterocycles. The zero-order valence-corrected chi connectivity index (χ0v) is 16.2. The zero-order chi connectivity index (χ0) is 19.2. The van der Waals surface area contributed by atoms with E-state index in [1.54, 1.807) is 18.3 Å². The highest BCUT2D eigenvalue weighted by atomic mass is 32.2. The Bertz CT molecular complexity index is 829. The first-order valence-corrected chi connectivity index (χ1v) is 10.5. The summed E-state index contributed by atoms with van der Waals surface area (Å²) in [5, 5.41) is 2.74. The Balaban J connectivity index is 2.25. The quantitative estimate of drug-likeness (QED) is 0.768. The number of sulfonamides is 1. The molecule has 0 fully saturated rings. The van der Waals surface area contributed by atoms with Crippen LogP contribution in [0.15, 0.2) is 42.6 Å². The van der Waals surface area contributed by atoms with Gasteiger partial charge in [0.15, 0.2) is 0 Å². The minimum absolute atomic E-state index is 0.254. The van der Waals surface area contributed by atoms with Gasteiger partial charge < -0.3 is 5.32 Å². The van der Waals surface area contributed by atoms with Crippen LogP contribution in [0.1, 0.15) is 30.7 Å². The number of aryl methyl sites for hydroxylation is 2. The summed E-state index contributed by atoms with van der Waals surface area (Å²) >= 11 is 0. The van der Waals surface area contributed by atoms with Gasteiger partial charge in [-0.1, -0.05) is 38.1 Å². The van der Waals surface area contributed by atoms with E-state index >= 15 is 0 Å². The average Bonchev–Trinajstić information content (AvgIpc) is 2.63. The highest BCUT2D eigenvalue weighted by Gasteiger charge is 2.25. The van der Waals surface area contributed by atoms with Crippen molar-refractivity contribution in [3.05, 3.63) is 59.4 Å². The normalized spacial score (nSPS) is 11.2. The van der Waals surface area contributed by atoms with Crippen molar-refractivity contribution in [3.8, 4) is 0 Å². The van der Waals surface area contributed by atoms with E-state index in [4.69, 9.17) is 0 Å². The molecule has 0 atom stereocenters. The van der Waals surface area contributed by atoms with E-state index in [0.717, 1.165) is 23.1 Å². The molecule has 2 aromatic rings. The smallest absolute Gasteiger partial charge is 0.241 e. The molecule has 0 spiro atoms. The van der Waals surface area contributed by atoms with Crippen LogP contribution in [0.25, 0.3) is 0 Å². The summed E-state index contributed by atoms with van der Waals surface area (Å²) in [6.07, 6.45) is 4.15. The Kier molecular flexibility index (Phi) is 6.74. The van der Waals surface area contributed by atoms with E-state index in [2.05, 4.69) is 10.3 Å². The number of carbonyl (C=O) groups is 1. The summed E-state index contributed by atoms with van der Waals surface area (Å²) in [6.45, 7) is 3.95. The fraction of sp³-hybridized carbons (Fsp3) is 0.368. The van der Waals surface area contributed by atoms with Gasteiger partial charge in [-0.3, -0.25) is 14.1 Å². The van der Waals surface area contributed by atoms with E-state index in [-0.39, 0.29) is 19.0 Å². The summed E-state index contributed by atoms with van der Waals surface area (Å²) < 4.78 is 26.0. The van der Waals surface area contributed by atoms with Crippen molar-refractivity contribution in [1.82, 2.24) is 10.3 Å². The van der Waals surface area contributed by atoms with Gasteiger partial charge in [-0.25, -0.2) is 8.42 Å². The van der Waals surface area contributed by atoms with Crippen molar-refractivity contribution in [2.45, 2.75) is 33.2 Å². The molecule has 140 valence electrons. The number of amides is 1. The highest BCUT2D eigenvalue weighted by Crippen LogP contribution is 2.28. The predicted octanol–water partition coefficient (Wildman–Crippen LogP) is 2.29. The van der Waals surface area contributed by atoms with Crippen molar-refractivity contribution in [2.75, 3.05) is 17.1 Å². The number of benzene rings is 1. The van der Waals surface area contributed by atoms with E-state index in [1.807, 2.05) is 38.1 Å². The van der Waals surface area contributed by atoms with Crippen molar-refractivity contribution >= 4 is 21.6 Å². The SMILES string of the molecule is CCc1cccc(CC)c1N(CC(=O)NCc1ccccn1)S(C)(=O)=O. The Morgan fingerprint density at radius 1 is 1.08 bits per heavy atom. The molecule has 0 saturated heterocycles. The van der Waals surface area contributed by atoms with Gasteiger partial charge in [0, 0.05) is 6.20 Å². The summed E-state index contributed by atoms with van der Waals surface area (Å²) in [5.41, 5.74) is 3.16. The Morgan fingerprint density at radius 2 is 1.73 bits per heavy atom. The van der Waals surface area contributed by atoms with Crippen LogP contribution >= 0.6 is 0 Å². The molecule has 0 aliphatic carbocycles. The molecule has 0 unspecified atom stereocenters. The summed E-state index contributed by atoms with van der Waals surface area (Å²) in [5.74, 6) is -0.367. The number of carbonyl (C=O) groups excluding carboxylic acids is 1. The Hall–Kier alpha value is -2.41. The molecule has 6 nitrogen and oxygen atoms in total. The maximum absolute atomic E-state index is 12.4. The molecule has 0 radical (unpaired) electrons. The molecular formula is C19H25N3O3S. The number of para-hydroxylation sites is 1. The second kappa shape index (κ2) is 8.80. The minimum atomic E-state index is -3.60. The Labute approximate surface area is 155 Å². The van der Waals surface area contributed by atoms with Crippen molar-refractivity contribution in [3.63, 3.8) is 0 Å². The van der Waals surface area contributed by atoms with Crippen molar-refractivity contribution < 1.29 is 13.2 Å². The van der Waals surface area contributed by atoms with Crippen molar-refractivity contribution in [1.29, 1.82) is 0 Å². The third-order valence-electron chi connectivity index (χ3n) is 4.09. The standard InChI is InChI=1S/C19H25N3O3S/c1-4-15-9-8-10-16(5-2)19(15)22(26(3,24)25)14-18(23)21-13-17-11-6-7-12-20-17/h6-12H,4-5,13-14H2,1-3H3,(H,21,23). The first-order valence-electron chi connectivity index (χ1n) is 8.61. The van der Waals surface area contributed by atoms with Crippen LogP contribution in [0.3, 0.4) is 0 Å².